The van der Waals surface area contributed by atoms with Gasteiger partial charge in [-0.25, -0.2) is 13.4 Å². The van der Waals surface area contributed by atoms with E-state index in [0.717, 1.165) is 16.2 Å². The number of nitrogens with zero attached hydrogens (tertiary/aromatic N) is 2. The molecule has 1 aliphatic rings. The van der Waals surface area contributed by atoms with Crippen LogP contribution in [0.3, 0.4) is 0 Å². The van der Waals surface area contributed by atoms with Crippen molar-refractivity contribution in [3.05, 3.63) is 71.2 Å². The van der Waals surface area contributed by atoms with E-state index in [9.17, 15) is 22.8 Å². The molecule has 9 nitrogen and oxygen atoms in total. The van der Waals surface area contributed by atoms with Gasteiger partial charge in [-0.3, -0.25) is 24.0 Å². The molecule has 2 heterocycles. The SMILES string of the molecule is CC(C)[C@H](C(=O)Nc1ccc(S(=O)(=O)Nc2nccs2)cc1)N1C(=O)c2ccccc2C1=O. The van der Waals surface area contributed by atoms with Crippen LogP contribution in [0, 0.1) is 5.92 Å². The zero-order valence-electron chi connectivity index (χ0n) is 17.7. The van der Waals surface area contributed by atoms with Crippen molar-refractivity contribution in [2.24, 2.45) is 5.92 Å². The Balaban J connectivity index is 1.52. The van der Waals surface area contributed by atoms with Gasteiger partial charge in [0.15, 0.2) is 5.13 Å². The van der Waals surface area contributed by atoms with Gasteiger partial charge >= 0.3 is 0 Å². The maximum absolute atomic E-state index is 13.1. The molecule has 3 amide bonds. The fraction of sp³-hybridized carbons (Fsp3) is 0.182. The van der Waals surface area contributed by atoms with E-state index in [0.29, 0.717) is 5.69 Å². The summed E-state index contributed by atoms with van der Waals surface area (Å²) in [6, 6.07) is 11.0. The lowest BCUT2D eigenvalue weighted by atomic mass is 10.0. The molecule has 170 valence electrons. The first-order chi connectivity index (χ1) is 15.7. The molecule has 0 saturated carbocycles. The average molecular weight is 485 g/mol. The first-order valence-corrected chi connectivity index (χ1v) is 12.4. The lowest BCUT2D eigenvalue weighted by Gasteiger charge is -2.28. The van der Waals surface area contributed by atoms with Crippen molar-refractivity contribution in [3.8, 4) is 0 Å². The van der Waals surface area contributed by atoms with Gasteiger partial charge in [0.2, 0.25) is 5.91 Å². The van der Waals surface area contributed by atoms with Crippen molar-refractivity contribution in [3.63, 3.8) is 0 Å². The van der Waals surface area contributed by atoms with Crippen molar-refractivity contribution in [1.82, 2.24) is 9.88 Å². The average Bonchev–Trinajstić information content (AvgIpc) is 3.36. The number of benzene rings is 2. The quantitative estimate of drug-likeness (QED) is 0.496. The Morgan fingerprint density at radius 2 is 1.61 bits per heavy atom. The highest BCUT2D eigenvalue weighted by molar-refractivity contribution is 7.93. The number of imide groups is 1. The monoisotopic (exact) mass is 484 g/mol. The minimum absolute atomic E-state index is 0.00328. The van der Waals surface area contributed by atoms with Gasteiger partial charge in [0.25, 0.3) is 21.8 Å². The predicted molar refractivity (Wildman–Crippen MR) is 124 cm³/mol. The molecule has 1 atom stereocenters. The molecular formula is C22H20N4O5S2. The summed E-state index contributed by atoms with van der Waals surface area (Å²) in [5, 5.41) is 4.57. The van der Waals surface area contributed by atoms with E-state index in [1.807, 2.05) is 0 Å². The maximum Gasteiger partial charge on any atom is 0.263 e. The fourth-order valence-electron chi connectivity index (χ4n) is 3.56. The molecule has 33 heavy (non-hydrogen) atoms. The van der Waals surface area contributed by atoms with E-state index >= 15 is 0 Å². The van der Waals surface area contributed by atoms with Crippen molar-refractivity contribution >= 4 is 49.9 Å². The third kappa shape index (κ3) is 4.37. The van der Waals surface area contributed by atoms with Gasteiger partial charge in [0.05, 0.1) is 16.0 Å². The second-order valence-corrected chi connectivity index (χ2v) is 10.2. The molecule has 0 bridgehead atoms. The van der Waals surface area contributed by atoms with E-state index in [2.05, 4.69) is 15.0 Å². The van der Waals surface area contributed by atoms with Gasteiger partial charge in [-0.15, -0.1) is 11.3 Å². The van der Waals surface area contributed by atoms with Crippen LogP contribution < -0.4 is 10.0 Å². The Labute approximate surface area is 194 Å². The molecule has 0 fully saturated rings. The smallest absolute Gasteiger partial charge is 0.263 e. The number of sulfonamides is 1. The zero-order chi connectivity index (χ0) is 23.8. The summed E-state index contributed by atoms with van der Waals surface area (Å²) in [7, 11) is -3.83. The standard InChI is InChI=1S/C22H20N4O5S2/c1-13(2)18(26-20(28)16-5-3-4-6-17(16)21(26)29)19(27)24-14-7-9-15(10-8-14)33(30,31)25-22-23-11-12-32-22/h3-13,18H,1-2H3,(H,23,25)(H,24,27)/t18-/m1/s1. The minimum Gasteiger partial charge on any atom is -0.324 e. The van der Waals surface area contributed by atoms with E-state index in [1.165, 1.54) is 30.5 Å². The molecule has 0 aliphatic carbocycles. The fourth-order valence-corrected chi connectivity index (χ4v) is 5.35. The maximum atomic E-state index is 13.1. The summed E-state index contributed by atoms with van der Waals surface area (Å²) >= 11 is 1.15. The molecule has 0 spiro atoms. The van der Waals surface area contributed by atoms with Crippen LogP contribution in [0.1, 0.15) is 34.6 Å². The second kappa shape index (κ2) is 8.75. The van der Waals surface area contributed by atoms with Crippen LogP contribution in [0.15, 0.2) is 65.0 Å². The summed E-state index contributed by atoms with van der Waals surface area (Å²) in [4.78, 5) is 43.6. The van der Waals surface area contributed by atoms with Crippen molar-refractivity contribution in [2.45, 2.75) is 24.8 Å². The minimum atomic E-state index is -3.83. The summed E-state index contributed by atoms with van der Waals surface area (Å²) in [6.07, 6.45) is 1.49. The van der Waals surface area contributed by atoms with Gasteiger partial charge in [0.1, 0.15) is 6.04 Å². The van der Waals surface area contributed by atoms with Crippen LogP contribution in [0.5, 0.6) is 0 Å². The number of hydrogen-bond acceptors (Lipinski definition) is 7. The van der Waals surface area contributed by atoms with E-state index in [1.54, 1.807) is 43.5 Å². The van der Waals surface area contributed by atoms with Crippen LogP contribution in [0.2, 0.25) is 0 Å². The third-order valence-electron chi connectivity index (χ3n) is 5.09. The normalized spacial score (nSPS) is 14.3. The number of fused-ring (bicyclic) bond motifs is 1. The molecule has 0 radical (unpaired) electrons. The predicted octanol–water partition coefficient (Wildman–Crippen LogP) is 3.20. The van der Waals surface area contributed by atoms with Gasteiger partial charge in [0, 0.05) is 17.3 Å². The van der Waals surface area contributed by atoms with Crippen molar-refractivity contribution in [2.75, 3.05) is 10.0 Å². The largest absolute Gasteiger partial charge is 0.324 e. The number of rotatable bonds is 7. The van der Waals surface area contributed by atoms with Crippen LogP contribution in [0.25, 0.3) is 0 Å². The lowest BCUT2D eigenvalue weighted by molar-refractivity contribution is -0.121. The first kappa shape index (κ1) is 22.6. The lowest BCUT2D eigenvalue weighted by Crippen LogP contribution is -2.50. The van der Waals surface area contributed by atoms with Crippen molar-refractivity contribution < 1.29 is 22.8 Å². The molecule has 2 aromatic carbocycles. The van der Waals surface area contributed by atoms with Crippen LogP contribution in [-0.4, -0.2) is 42.1 Å². The Kier molecular flexibility index (Phi) is 6.00. The molecule has 1 aliphatic heterocycles. The summed E-state index contributed by atoms with van der Waals surface area (Å²) < 4.78 is 27.3. The molecule has 2 N–H and O–H groups in total. The number of carbonyl (C=O) groups excluding carboxylic acids is 3. The summed E-state index contributed by atoms with van der Waals surface area (Å²) in [6.45, 7) is 3.49. The summed E-state index contributed by atoms with van der Waals surface area (Å²) in [5.74, 6) is -1.93. The number of thiazole rings is 1. The second-order valence-electron chi connectivity index (χ2n) is 7.67. The van der Waals surface area contributed by atoms with Gasteiger partial charge in [-0.2, -0.15) is 0 Å². The Bertz CT molecular complexity index is 1280. The first-order valence-electron chi connectivity index (χ1n) is 9.99. The number of anilines is 2. The molecule has 4 rings (SSSR count). The van der Waals surface area contributed by atoms with E-state index < -0.39 is 33.8 Å². The number of carbonyl (C=O) groups is 3. The highest BCUT2D eigenvalue weighted by Crippen LogP contribution is 2.28. The zero-order valence-corrected chi connectivity index (χ0v) is 19.3. The van der Waals surface area contributed by atoms with Crippen LogP contribution in [-0.2, 0) is 14.8 Å². The molecule has 0 unspecified atom stereocenters. The molecule has 3 aromatic rings. The number of aromatic nitrogens is 1. The van der Waals surface area contributed by atoms with Crippen molar-refractivity contribution in [1.29, 1.82) is 0 Å². The Morgan fingerprint density at radius 1 is 1.00 bits per heavy atom. The summed E-state index contributed by atoms with van der Waals surface area (Å²) in [5.41, 5.74) is 0.863. The van der Waals surface area contributed by atoms with Gasteiger partial charge < -0.3 is 5.32 Å². The molecule has 0 saturated heterocycles. The molecular weight excluding hydrogens is 464 g/mol. The number of nitrogens with one attached hydrogen (secondary N) is 2. The van der Waals surface area contributed by atoms with Crippen LogP contribution >= 0.6 is 11.3 Å². The highest BCUT2D eigenvalue weighted by Gasteiger charge is 2.43. The molecule has 11 heteroatoms. The van der Waals surface area contributed by atoms with Crippen LogP contribution in [0.4, 0.5) is 10.8 Å². The number of amides is 3. The topological polar surface area (TPSA) is 126 Å². The van der Waals surface area contributed by atoms with Gasteiger partial charge in [-0.1, -0.05) is 26.0 Å². The van der Waals surface area contributed by atoms with E-state index in [4.69, 9.17) is 0 Å². The number of hydrogen-bond donors (Lipinski definition) is 2. The highest BCUT2D eigenvalue weighted by atomic mass is 32.2. The third-order valence-corrected chi connectivity index (χ3v) is 7.26. The Morgan fingerprint density at radius 3 is 2.12 bits per heavy atom. The Hall–Kier alpha value is -3.57. The van der Waals surface area contributed by atoms with Gasteiger partial charge in [-0.05, 0) is 42.3 Å². The molecule has 1 aromatic heterocycles. The van der Waals surface area contributed by atoms with E-state index in [-0.39, 0.29) is 27.1 Å².